The van der Waals surface area contributed by atoms with E-state index in [4.69, 9.17) is 39.5 Å². The summed E-state index contributed by atoms with van der Waals surface area (Å²) in [4.78, 5) is 23.7. The summed E-state index contributed by atoms with van der Waals surface area (Å²) in [6.07, 6.45) is -4.60. The van der Waals surface area contributed by atoms with E-state index in [9.17, 15) is 22.8 Å². The molecule has 2 rings (SSSR count). The van der Waals surface area contributed by atoms with Gasteiger partial charge in [-0.15, -0.1) is 0 Å². The first-order chi connectivity index (χ1) is 12.1. The predicted octanol–water partition coefficient (Wildman–Crippen LogP) is 5.46. The number of nitrogens with one attached hydrogen (secondary N) is 1. The Morgan fingerprint density at radius 1 is 1.00 bits per heavy atom. The largest absolute Gasteiger partial charge is 0.452 e. The van der Waals surface area contributed by atoms with Crippen molar-refractivity contribution in [3.05, 3.63) is 62.6 Å². The fraction of sp³-hybridized carbons (Fsp3) is 0.125. The molecule has 2 aromatic carbocycles. The van der Waals surface area contributed by atoms with Gasteiger partial charge in [-0.3, -0.25) is 4.79 Å². The van der Waals surface area contributed by atoms with E-state index >= 15 is 0 Å². The number of halogens is 6. The van der Waals surface area contributed by atoms with E-state index in [-0.39, 0.29) is 26.3 Å². The lowest BCUT2D eigenvalue weighted by Crippen LogP contribution is -2.21. The third-order valence-electron chi connectivity index (χ3n) is 3.05. The molecule has 0 bridgehead atoms. The van der Waals surface area contributed by atoms with Crippen LogP contribution in [0.1, 0.15) is 15.9 Å². The van der Waals surface area contributed by atoms with Gasteiger partial charge in [-0.05, 0) is 36.4 Å². The highest BCUT2D eigenvalue weighted by Crippen LogP contribution is 2.33. The molecule has 26 heavy (non-hydrogen) atoms. The molecule has 1 amide bonds. The fourth-order valence-corrected chi connectivity index (χ4v) is 2.38. The lowest BCUT2D eigenvalue weighted by Gasteiger charge is -2.12. The molecule has 4 nitrogen and oxygen atoms in total. The number of benzene rings is 2. The normalized spacial score (nSPS) is 11.2. The van der Waals surface area contributed by atoms with Crippen LogP contribution in [0.5, 0.6) is 0 Å². The first-order valence-corrected chi connectivity index (χ1v) is 8.00. The van der Waals surface area contributed by atoms with Gasteiger partial charge in [0, 0.05) is 5.02 Å². The maximum absolute atomic E-state index is 12.7. The number of esters is 1. The summed E-state index contributed by atoms with van der Waals surface area (Å²) in [5.41, 5.74) is -1.30. The van der Waals surface area contributed by atoms with Crippen LogP contribution >= 0.6 is 34.8 Å². The number of anilines is 1. The SMILES string of the molecule is O=C(COC(=O)c1cc(Cl)ccc1Cl)Nc1cc(C(F)(F)F)ccc1Cl. The monoisotopic (exact) mass is 425 g/mol. The van der Waals surface area contributed by atoms with Gasteiger partial charge >= 0.3 is 12.1 Å². The van der Waals surface area contributed by atoms with Crippen molar-refractivity contribution in [2.45, 2.75) is 6.18 Å². The summed E-state index contributed by atoms with van der Waals surface area (Å²) >= 11 is 17.3. The van der Waals surface area contributed by atoms with Crippen LogP contribution in [-0.2, 0) is 15.7 Å². The summed E-state index contributed by atoms with van der Waals surface area (Å²) in [5.74, 6) is -1.79. The lowest BCUT2D eigenvalue weighted by molar-refractivity contribution is -0.137. The van der Waals surface area contributed by atoms with Gasteiger partial charge in [0.25, 0.3) is 5.91 Å². The molecule has 0 aliphatic heterocycles. The molecule has 0 atom stereocenters. The second-order valence-electron chi connectivity index (χ2n) is 4.94. The number of rotatable bonds is 4. The Morgan fingerprint density at radius 3 is 2.31 bits per heavy atom. The Kier molecular flexibility index (Phi) is 6.39. The van der Waals surface area contributed by atoms with Gasteiger partial charge in [-0.1, -0.05) is 34.8 Å². The van der Waals surface area contributed by atoms with Crippen molar-refractivity contribution in [2.24, 2.45) is 0 Å². The highest BCUT2D eigenvalue weighted by Gasteiger charge is 2.31. The molecule has 0 saturated carbocycles. The average Bonchev–Trinajstić information content (AvgIpc) is 2.55. The smallest absolute Gasteiger partial charge is 0.416 e. The van der Waals surface area contributed by atoms with Crippen LogP contribution in [0, 0.1) is 0 Å². The number of hydrogen-bond acceptors (Lipinski definition) is 3. The molecule has 138 valence electrons. The Morgan fingerprint density at radius 2 is 1.65 bits per heavy atom. The zero-order chi connectivity index (χ0) is 19.5. The minimum atomic E-state index is -4.60. The first kappa shape index (κ1) is 20.4. The van der Waals surface area contributed by atoms with Gasteiger partial charge in [-0.25, -0.2) is 4.79 Å². The van der Waals surface area contributed by atoms with Gasteiger partial charge < -0.3 is 10.1 Å². The van der Waals surface area contributed by atoms with Crippen LogP contribution in [0.2, 0.25) is 15.1 Å². The zero-order valence-corrected chi connectivity index (χ0v) is 14.9. The van der Waals surface area contributed by atoms with E-state index < -0.39 is 30.2 Å². The summed E-state index contributed by atoms with van der Waals surface area (Å²) < 4.78 is 42.9. The number of hydrogen-bond donors (Lipinski definition) is 1. The molecule has 0 spiro atoms. The van der Waals surface area contributed by atoms with Crippen LogP contribution in [0.15, 0.2) is 36.4 Å². The van der Waals surface area contributed by atoms with E-state index in [0.29, 0.717) is 6.07 Å². The molecule has 1 N–H and O–H groups in total. The van der Waals surface area contributed by atoms with E-state index in [1.165, 1.54) is 18.2 Å². The second kappa shape index (κ2) is 8.16. The quantitative estimate of drug-likeness (QED) is 0.661. The standard InChI is InChI=1S/C16H9Cl3F3NO3/c17-9-2-4-11(18)10(6-9)15(25)26-7-14(24)23-13-5-8(16(20,21)22)1-3-12(13)19/h1-6H,7H2,(H,23,24). The minimum absolute atomic E-state index is 0.0518. The molecule has 0 aromatic heterocycles. The van der Waals surface area contributed by atoms with E-state index in [0.717, 1.165) is 12.1 Å². The van der Waals surface area contributed by atoms with Gasteiger partial charge in [0.2, 0.25) is 0 Å². The first-order valence-electron chi connectivity index (χ1n) is 6.86. The molecule has 0 aliphatic carbocycles. The molecule has 10 heteroatoms. The van der Waals surface area contributed by atoms with Crippen molar-refractivity contribution in [3.63, 3.8) is 0 Å². The summed E-state index contributed by atoms with van der Waals surface area (Å²) in [6, 6.07) is 6.55. The van der Waals surface area contributed by atoms with Gasteiger partial charge in [-0.2, -0.15) is 13.2 Å². The molecular weight excluding hydrogens is 418 g/mol. The summed E-state index contributed by atoms with van der Waals surface area (Å²) in [6.45, 7) is -0.756. The van der Waals surface area contributed by atoms with Crippen LogP contribution < -0.4 is 5.32 Å². The molecule has 0 heterocycles. The molecular formula is C16H9Cl3F3NO3. The number of carbonyl (C=O) groups excluding carboxylic acids is 2. The molecule has 0 unspecified atom stereocenters. The Labute approximate surface area is 160 Å². The minimum Gasteiger partial charge on any atom is -0.452 e. The van der Waals surface area contributed by atoms with Gasteiger partial charge in [0.1, 0.15) is 0 Å². The van der Waals surface area contributed by atoms with Crippen LogP contribution in [-0.4, -0.2) is 18.5 Å². The number of ether oxygens (including phenoxy) is 1. The second-order valence-corrected chi connectivity index (χ2v) is 6.19. The van der Waals surface area contributed by atoms with Gasteiger partial charge in [0.15, 0.2) is 6.61 Å². The summed E-state index contributed by atoms with van der Waals surface area (Å²) in [5, 5.41) is 2.35. The average molecular weight is 427 g/mol. The Balaban J connectivity index is 2.03. The van der Waals surface area contributed by atoms with Crippen molar-refractivity contribution >= 4 is 52.4 Å². The number of carbonyl (C=O) groups is 2. The Hall–Kier alpha value is -1.96. The fourth-order valence-electron chi connectivity index (χ4n) is 1.85. The van der Waals surface area contributed by atoms with E-state index in [2.05, 4.69) is 5.32 Å². The van der Waals surface area contributed by atoms with Crippen molar-refractivity contribution in [1.29, 1.82) is 0 Å². The lowest BCUT2D eigenvalue weighted by atomic mass is 10.2. The number of alkyl halides is 3. The third-order valence-corrected chi connectivity index (χ3v) is 3.94. The van der Waals surface area contributed by atoms with Crippen molar-refractivity contribution < 1.29 is 27.5 Å². The van der Waals surface area contributed by atoms with Crippen molar-refractivity contribution in [3.8, 4) is 0 Å². The maximum Gasteiger partial charge on any atom is 0.416 e. The highest BCUT2D eigenvalue weighted by atomic mass is 35.5. The van der Waals surface area contributed by atoms with Crippen LogP contribution in [0.3, 0.4) is 0 Å². The van der Waals surface area contributed by atoms with Crippen LogP contribution in [0.25, 0.3) is 0 Å². The topological polar surface area (TPSA) is 55.4 Å². The van der Waals surface area contributed by atoms with Crippen molar-refractivity contribution in [2.75, 3.05) is 11.9 Å². The third kappa shape index (κ3) is 5.27. The molecule has 0 saturated heterocycles. The van der Waals surface area contributed by atoms with Crippen LogP contribution in [0.4, 0.5) is 18.9 Å². The number of amides is 1. The molecule has 0 fully saturated rings. The summed E-state index contributed by atoms with van der Waals surface area (Å²) in [7, 11) is 0. The molecule has 2 aromatic rings. The Bertz CT molecular complexity index is 856. The zero-order valence-electron chi connectivity index (χ0n) is 12.7. The highest BCUT2D eigenvalue weighted by molar-refractivity contribution is 6.35. The predicted molar refractivity (Wildman–Crippen MR) is 91.8 cm³/mol. The molecule has 0 aliphatic rings. The van der Waals surface area contributed by atoms with E-state index in [1.54, 1.807) is 0 Å². The maximum atomic E-state index is 12.7. The molecule has 0 radical (unpaired) electrons. The van der Waals surface area contributed by atoms with E-state index in [1.807, 2.05) is 0 Å². The van der Waals surface area contributed by atoms with Crippen molar-refractivity contribution in [1.82, 2.24) is 0 Å². The van der Waals surface area contributed by atoms with Gasteiger partial charge in [0.05, 0.1) is 26.9 Å².